The van der Waals surface area contributed by atoms with E-state index in [1.807, 2.05) is 6.92 Å². The Bertz CT molecular complexity index is 510. The molecule has 2 rings (SSSR count). The molecule has 1 atom stereocenters. The highest BCUT2D eigenvalue weighted by molar-refractivity contribution is 6.01. The van der Waals surface area contributed by atoms with Crippen LogP contribution in [-0.2, 0) is 0 Å². The van der Waals surface area contributed by atoms with Gasteiger partial charge in [0.1, 0.15) is 0 Å². The molecule has 0 amide bonds. The summed E-state index contributed by atoms with van der Waals surface area (Å²) in [6.07, 6.45) is 1.13. The first kappa shape index (κ1) is 15.2. The van der Waals surface area contributed by atoms with E-state index in [1.165, 1.54) is 11.1 Å². The predicted molar refractivity (Wildman–Crippen MR) is 83.5 cm³/mol. The lowest BCUT2D eigenvalue weighted by Crippen LogP contribution is -2.43. The van der Waals surface area contributed by atoms with Gasteiger partial charge in [0, 0.05) is 12.1 Å². The molecule has 1 unspecified atom stereocenters. The summed E-state index contributed by atoms with van der Waals surface area (Å²) in [4.78, 5) is 17.4. The number of hydrogen-bond donors (Lipinski definition) is 0. The minimum Gasteiger partial charge on any atom is -0.304 e. The standard InChI is InChI=1S/C17H26N2O/c1-12-9-14(3)15(10-13(12)2)17(20)16-11-18(4)7-6-8-19(16)5/h9-10,16H,6-8,11H2,1-5H3. The largest absolute Gasteiger partial charge is 0.304 e. The summed E-state index contributed by atoms with van der Waals surface area (Å²) < 4.78 is 0. The van der Waals surface area contributed by atoms with Gasteiger partial charge in [-0.15, -0.1) is 0 Å². The first-order valence-corrected chi connectivity index (χ1v) is 7.41. The van der Waals surface area contributed by atoms with E-state index in [2.05, 4.69) is 49.9 Å². The summed E-state index contributed by atoms with van der Waals surface area (Å²) >= 11 is 0. The zero-order chi connectivity index (χ0) is 14.9. The number of aryl methyl sites for hydroxylation is 3. The molecule has 1 heterocycles. The van der Waals surface area contributed by atoms with E-state index in [-0.39, 0.29) is 11.8 Å². The van der Waals surface area contributed by atoms with Crippen LogP contribution in [-0.4, -0.2) is 55.4 Å². The Balaban J connectivity index is 2.32. The van der Waals surface area contributed by atoms with Crippen molar-refractivity contribution in [3.8, 4) is 0 Å². The van der Waals surface area contributed by atoms with E-state index in [0.29, 0.717) is 0 Å². The molecule has 1 saturated heterocycles. The molecular formula is C17H26N2O. The lowest BCUT2D eigenvalue weighted by atomic mass is 9.94. The topological polar surface area (TPSA) is 23.6 Å². The summed E-state index contributed by atoms with van der Waals surface area (Å²) in [6.45, 7) is 9.10. The highest BCUT2D eigenvalue weighted by Gasteiger charge is 2.28. The van der Waals surface area contributed by atoms with Crippen LogP contribution in [0.4, 0.5) is 0 Å². The number of carbonyl (C=O) groups excluding carboxylic acids is 1. The number of carbonyl (C=O) groups is 1. The van der Waals surface area contributed by atoms with Gasteiger partial charge in [-0.25, -0.2) is 0 Å². The monoisotopic (exact) mass is 274 g/mol. The van der Waals surface area contributed by atoms with Gasteiger partial charge >= 0.3 is 0 Å². The fourth-order valence-electron chi connectivity index (χ4n) is 2.96. The fourth-order valence-corrected chi connectivity index (χ4v) is 2.96. The molecule has 0 aromatic heterocycles. The van der Waals surface area contributed by atoms with Crippen LogP contribution in [0.3, 0.4) is 0 Å². The van der Waals surface area contributed by atoms with Crippen molar-refractivity contribution in [3.05, 3.63) is 34.4 Å². The van der Waals surface area contributed by atoms with E-state index < -0.39 is 0 Å². The van der Waals surface area contributed by atoms with Crippen molar-refractivity contribution in [1.29, 1.82) is 0 Å². The van der Waals surface area contributed by atoms with Gasteiger partial charge in [0.15, 0.2) is 5.78 Å². The Labute approximate surface area is 122 Å². The van der Waals surface area contributed by atoms with Gasteiger partial charge in [0.2, 0.25) is 0 Å². The smallest absolute Gasteiger partial charge is 0.181 e. The van der Waals surface area contributed by atoms with Crippen LogP contribution >= 0.6 is 0 Å². The highest BCUT2D eigenvalue weighted by atomic mass is 16.1. The van der Waals surface area contributed by atoms with E-state index in [0.717, 1.165) is 37.2 Å². The maximum Gasteiger partial charge on any atom is 0.181 e. The lowest BCUT2D eigenvalue weighted by molar-refractivity contribution is 0.0838. The second kappa shape index (κ2) is 6.06. The third-order valence-electron chi connectivity index (χ3n) is 4.48. The molecule has 0 saturated carbocycles. The van der Waals surface area contributed by atoms with Crippen molar-refractivity contribution in [2.24, 2.45) is 0 Å². The molecule has 20 heavy (non-hydrogen) atoms. The zero-order valence-corrected chi connectivity index (χ0v) is 13.4. The number of nitrogens with zero attached hydrogens (tertiary/aromatic N) is 2. The molecule has 3 nitrogen and oxygen atoms in total. The molecule has 0 aliphatic carbocycles. The van der Waals surface area contributed by atoms with Gasteiger partial charge in [0.25, 0.3) is 0 Å². The van der Waals surface area contributed by atoms with Crippen LogP contribution in [0.25, 0.3) is 0 Å². The number of rotatable bonds is 2. The van der Waals surface area contributed by atoms with Crippen LogP contribution < -0.4 is 0 Å². The van der Waals surface area contributed by atoms with Gasteiger partial charge in [0.05, 0.1) is 6.04 Å². The van der Waals surface area contributed by atoms with Crippen molar-refractivity contribution in [2.75, 3.05) is 33.7 Å². The summed E-state index contributed by atoms with van der Waals surface area (Å²) in [7, 11) is 4.17. The Morgan fingerprint density at radius 1 is 1.05 bits per heavy atom. The van der Waals surface area contributed by atoms with Gasteiger partial charge in [-0.1, -0.05) is 6.07 Å². The van der Waals surface area contributed by atoms with Crippen molar-refractivity contribution >= 4 is 5.78 Å². The summed E-state index contributed by atoms with van der Waals surface area (Å²) in [5.41, 5.74) is 4.44. The second-order valence-electron chi connectivity index (χ2n) is 6.23. The minimum atomic E-state index is -0.0247. The van der Waals surface area contributed by atoms with E-state index in [9.17, 15) is 4.79 Å². The number of benzene rings is 1. The van der Waals surface area contributed by atoms with Crippen molar-refractivity contribution < 1.29 is 4.79 Å². The fraction of sp³-hybridized carbons (Fsp3) is 0.588. The molecule has 1 aromatic rings. The Morgan fingerprint density at radius 3 is 2.40 bits per heavy atom. The number of Topliss-reactive ketones (excluding diaryl/α,β-unsaturated/α-hetero) is 1. The maximum atomic E-state index is 12.9. The molecule has 0 N–H and O–H groups in total. The van der Waals surface area contributed by atoms with Crippen molar-refractivity contribution in [3.63, 3.8) is 0 Å². The molecule has 110 valence electrons. The number of likely N-dealkylation sites (N-methyl/N-ethyl adjacent to an activating group) is 2. The number of ketones is 1. The van der Waals surface area contributed by atoms with Crippen LogP contribution in [0.15, 0.2) is 12.1 Å². The summed E-state index contributed by atoms with van der Waals surface area (Å²) in [5, 5.41) is 0. The summed E-state index contributed by atoms with van der Waals surface area (Å²) in [6, 6.07) is 4.16. The van der Waals surface area contributed by atoms with Gasteiger partial charge < -0.3 is 4.90 Å². The van der Waals surface area contributed by atoms with Crippen LogP contribution in [0.1, 0.15) is 33.5 Å². The molecular weight excluding hydrogens is 248 g/mol. The van der Waals surface area contributed by atoms with E-state index >= 15 is 0 Å². The van der Waals surface area contributed by atoms with E-state index in [4.69, 9.17) is 0 Å². The first-order valence-electron chi connectivity index (χ1n) is 7.41. The second-order valence-corrected chi connectivity index (χ2v) is 6.23. The van der Waals surface area contributed by atoms with Crippen molar-refractivity contribution in [1.82, 2.24) is 9.80 Å². The Morgan fingerprint density at radius 2 is 1.70 bits per heavy atom. The molecule has 0 spiro atoms. The summed E-state index contributed by atoms with van der Waals surface area (Å²) in [5.74, 6) is 0.266. The predicted octanol–water partition coefficient (Wildman–Crippen LogP) is 2.43. The third-order valence-corrected chi connectivity index (χ3v) is 4.48. The lowest BCUT2D eigenvalue weighted by Gasteiger charge is -2.27. The van der Waals surface area contributed by atoms with E-state index in [1.54, 1.807) is 0 Å². The van der Waals surface area contributed by atoms with Crippen LogP contribution in [0, 0.1) is 20.8 Å². The molecule has 1 aliphatic rings. The Kier molecular flexibility index (Phi) is 4.61. The molecule has 1 aliphatic heterocycles. The normalized spacial score (nSPS) is 21.8. The first-order chi connectivity index (χ1) is 9.40. The molecule has 3 heteroatoms. The quantitative estimate of drug-likeness (QED) is 0.774. The minimum absolute atomic E-state index is 0.0247. The van der Waals surface area contributed by atoms with Crippen LogP contribution in [0.2, 0.25) is 0 Å². The van der Waals surface area contributed by atoms with Crippen molar-refractivity contribution in [2.45, 2.75) is 33.2 Å². The highest BCUT2D eigenvalue weighted by Crippen LogP contribution is 2.19. The average Bonchev–Trinajstić information content (AvgIpc) is 2.55. The Hall–Kier alpha value is -1.19. The molecule has 0 radical (unpaired) electrons. The number of hydrogen-bond acceptors (Lipinski definition) is 3. The zero-order valence-electron chi connectivity index (χ0n) is 13.4. The molecule has 1 aromatic carbocycles. The van der Waals surface area contributed by atoms with Gasteiger partial charge in [-0.3, -0.25) is 9.69 Å². The maximum absolute atomic E-state index is 12.9. The van der Waals surface area contributed by atoms with Crippen LogP contribution in [0.5, 0.6) is 0 Å². The SMILES string of the molecule is Cc1cc(C)c(C(=O)C2CN(C)CCCN2C)cc1C. The molecule has 0 bridgehead atoms. The van der Waals surface area contributed by atoms with Gasteiger partial charge in [-0.05, 0) is 77.1 Å². The molecule has 1 fully saturated rings. The van der Waals surface area contributed by atoms with Gasteiger partial charge in [-0.2, -0.15) is 0 Å². The average molecular weight is 274 g/mol. The third kappa shape index (κ3) is 3.10.